The van der Waals surface area contributed by atoms with Crippen molar-refractivity contribution in [1.29, 1.82) is 0 Å². The van der Waals surface area contributed by atoms with E-state index < -0.39 is 5.60 Å². The first-order valence-electron chi connectivity index (χ1n) is 8.72. The molecule has 0 radical (unpaired) electrons. The van der Waals surface area contributed by atoms with E-state index in [1.807, 2.05) is 48.5 Å². The fourth-order valence-corrected chi connectivity index (χ4v) is 3.72. The van der Waals surface area contributed by atoms with Gasteiger partial charge in [-0.25, -0.2) is 0 Å². The van der Waals surface area contributed by atoms with Crippen molar-refractivity contribution in [3.05, 3.63) is 59.1 Å². The smallest absolute Gasteiger partial charge is 0.161 e. The van der Waals surface area contributed by atoms with Gasteiger partial charge in [-0.3, -0.25) is 4.90 Å². The zero-order valence-corrected chi connectivity index (χ0v) is 14.8. The van der Waals surface area contributed by atoms with Crippen molar-refractivity contribution in [3.8, 4) is 11.5 Å². The number of benzene rings is 2. The lowest BCUT2D eigenvalue weighted by Gasteiger charge is -2.40. The van der Waals surface area contributed by atoms with Gasteiger partial charge in [0.2, 0.25) is 0 Å². The maximum atomic E-state index is 11.0. The molecule has 0 aromatic heterocycles. The minimum absolute atomic E-state index is 0.0247. The van der Waals surface area contributed by atoms with Crippen LogP contribution in [-0.2, 0) is 5.60 Å². The molecule has 4 nitrogen and oxygen atoms in total. The van der Waals surface area contributed by atoms with Crippen molar-refractivity contribution in [2.75, 3.05) is 26.2 Å². The fraction of sp³-hybridized carbons (Fsp3) is 0.400. The molecule has 1 N–H and O–H groups in total. The summed E-state index contributed by atoms with van der Waals surface area (Å²) in [4.78, 5) is 2.34. The first-order valence-corrected chi connectivity index (χ1v) is 9.09. The van der Waals surface area contributed by atoms with Crippen molar-refractivity contribution < 1.29 is 14.6 Å². The second-order valence-electron chi connectivity index (χ2n) is 6.84. The van der Waals surface area contributed by atoms with E-state index in [1.54, 1.807) is 0 Å². The fourth-order valence-electron chi connectivity index (χ4n) is 3.60. The Morgan fingerprint density at radius 3 is 2.44 bits per heavy atom. The van der Waals surface area contributed by atoms with Gasteiger partial charge >= 0.3 is 0 Å². The Balaban J connectivity index is 1.34. The number of halogens is 1. The second-order valence-corrected chi connectivity index (χ2v) is 7.27. The van der Waals surface area contributed by atoms with Gasteiger partial charge in [0.05, 0.1) is 5.60 Å². The van der Waals surface area contributed by atoms with Crippen LogP contribution >= 0.6 is 11.6 Å². The van der Waals surface area contributed by atoms with E-state index in [0.29, 0.717) is 24.5 Å². The Morgan fingerprint density at radius 2 is 1.72 bits per heavy atom. The number of fused-ring (bicyclic) bond motifs is 1. The molecule has 1 atom stereocenters. The maximum Gasteiger partial charge on any atom is 0.161 e. The number of aliphatic hydroxyl groups is 1. The first kappa shape index (κ1) is 16.7. The van der Waals surface area contributed by atoms with Crippen LogP contribution in [0.25, 0.3) is 0 Å². The van der Waals surface area contributed by atoms with Gasteiger partial charge in [0.15, 0.2) is 11.5 Å². The van der Waals surface area contributed by atoms with E-state index >= 15 is 0 Å². The minimum atomic E-state index is -0.766. The summed E-state index contributed by atoms with van der Waals surface area (Å²) in [5.74, 6) is 1.63. The Hall–Kier alpha value is -1.75. The number of ether oxygens (including phenoxy) is 2. The van der Waals surface area contributed by atoms with E-state index in [2.05, 4.69) is 4.90 Å². The molecule has 2 aliphatic heterocycles. The van der Waals surface area contributed by atoms with Crippen LogP contribution in [0.5, 0.6) is 11.5 Å². The average Bonchev–Trinajstić information content (AvgIpc) is 2.64. The minimum Gasteiger partial charge on any atom is -0.486 e. The highest BCUT2D eigenvalue weighted by atomic mass is 35.5. The SMILES string of the molecule is OC1(c2ccc(Cl)cc2)CCN(CC2COc3ccccc3O2)CC1. The number of rotatable bonds is 3. The van der Waals surface area contributed by atoms with Gasteiger partial charge in [0.1, 0.15) is 12.7 Å². The molecule has 1 saturated heterocycles. The molecule has 4 rings (SSSR count). The zero-order chi connectivity index (χ0) is 17.3. The lowest BCUT2D eigenvalue weighted by Crippen LogP contribution is -2.47. The van der Waals surface area contributed by atoms with Gasteiger partial charge < -0.3 is 14.6 Å². The summed E-state index contributed by atoms with van der Waals surface area (Å²) in [5, 5.41) is 11.7. The standard InChI is InChI=1S/C20H22ClNO3/c21-16-7-5-15(6-8-16)20(23)9-11-22(12-10-20)13-17-14-24-18-3-1-2-4-19(18)25-17/h1-8,17,23H,9-14H2. The number of nitrogens with zero attached hydrogens (tertiary/aromatic N) is 1. The van der Waals surface area contributed by atoms with Crippen LogP contribution in [0, 0.1) is 0 Å². The highest BCUT2D eigenvalue weighted by Crippen LogP contribution is 2.34. The lowest BCUT2D eigenvalue weighted by atomic mass is 9.84. The summed E-state index contributed by atoms with van der Waals surface area (Å²) >= 11 is 5.95. The summed E-state index contributed by atoms with van der Waals surface area (Å²) in [6, 6.07) is 15.3. The lowest BCUT2D eigenvalue weighted by molar-refractivity contribution is -0.0373. The number of piperidine rings is 1. The van der Waals surface area contributed by atoms with Crippen LogP contribution in [0.2, 0.25) is 5.02 Å². The largest absolute Gasteiger partial charge is 0.486 e. The second kappa shape index (κ2) is 6.87. The first-order chi connectivity index (χ1) is 12.1. The van der Waals surface area contributed by atoms with Crippen molar-refractivity contribution in [3.63, 3.8) is 0 Å². The molecule has 1 fully saturated rings. The highest BCUT2D eigenvalue weighted by Gasteiger charge is 2.35. The van der Waals surface area contributed by atoms with Crippen LogP contribution < -0.4 is 9.47 Å². The van der Waals surface area contributed by atoms with Gasteiger partial charge in [0, 0.05) is 24.7 Å². The van der Waals surface area contributed by atoms with Crippen molar-refractivity contribution in [2.24, 2.45) is 0 Å². The number of hydrogen-bond acceptors (Lipinski definition) is 4. The molecule has 0 bridgehead atoms. The van der Waals surface area contributed by atoms with Crippen LogP contribution in [0.15, 0.2) is 48.5 Å². The molecular weight excluding hydrogens is 338 g/mol. The Labute approximate surface area is 152 Å². The molecule has 0 saturated carbocycles. The van der Waals surface area contributed by atoms with Crippen molar-refractivity contribution in [2.45, 2.75) is 24.5 Å². The molecule has 5 heteroatoms. The quantitative estimate of drug-likeness (QED) is 0.911. The highest BCUT2D eigenvalue weighted by molar-refractivity contribution is 6.30. The van der Waals surface area contributed by atoms with Gasteiger partial charge in [-0.15, -0.1) is 0 Å². The monoisotopic (exact) mass is 359 g/mol. The average molecular weight is 360 g/mol. The molecule has 2 aromatic rings. The summed E-state index contributed by atoms with van der Waals surface area (Å²) in [6.07, 6.45) is 1.44. The molecule has 0 aliphatic carbocycles. The Morgan fingerprint density at radius 1 is 1.04 bits per heavy atom. The number of hydrogen-bond donors (Lipinski definition) is 1. The van der Waals surface area contributed by atoms with E-state index in [-0.39, 0.29) is 6.10 Å². The maximum absolute atomic E-state index is 11.0. The molecule has 25 heavy (non-hydrogen) atoms. The normalized spacial score (nSPS) is 22.6. The van der Waals surface area contributed by atoms with Crippen LogP contribution in [-0.4, -0.2) is 42.4 Å². The third-order valence-corrected chi connectivity index (χ3v) is 5.35. The molecular formula is C20H22ClNO3. The summed E-state index contributed by atoms with van der Waals surface area (Å²) in [7, 11) is 0. The van der Waals surface area contributed by atoms with Gasteiger partial charge in [-0.2, -0.15) is 0 Å². The topological polar surface area (TPSA) is 41.9 Å². The molecule has 0 spiro atoms. The van der Waals surface area contributed by atoms with Crippen LogP contribution in [0.3, 0.4) is 0 Å². The van der Waals surface area contributed by atoms with E-state index in [9.17, 15) is 5.11 Å². The van der Waals surface area contributed by atoms with Crippen molar-refractivity contribution >= 4 is 11.6 Å². The predicted molar refractivity (Wildman–Crippen MR) is 97.4 cm³/mol. The summed E-state index contributed by atoms with van der Waals surface area (Å²) in [5.41, 5.74) is 0.181. The molecule has 2 aromatic carbocycles. The van der Waals surface area contributed by atoms with Gasteiger partial charge in [0.25, 0.3) is 0 Å². The van der Waals surface area contributed by atoms with Crippen LogP contribution in [0.1, 0.15) is 18.4 Å². The van der Waals surface area contributed by atoms with E-state index in [1.165, 1.54) is 0 Å². The molecule has 0 amide bonds. The summed E-state index contributed by atoms with van der Waals surface area (Å²) < 4.78 is 11.8. The van der Waals surface area contributed by atoms with E-state index in [4.69, 9.17) is 21.1 Å². The van der Waals surface area contributed by atoms with Gasteiger partial charge in [-0.05, 0) is 42.7 Å². The van der Waals surface area contributed by atoms with Crippen LogP contribution in [0.4, 0.5) is 0 Å². The number of likely N-dealkylation sites (tertiary alicyclic amines) is 1. The number of para-hydroxylation sites is 2. The van der Waals surface area contributed by atoms with Gasteiger partial charge in [-0.1, -0.05) is 35.9 Å². The van der Waals surface area contributed by atoms with Crippen molar-refractivity contribution in [1.82, 2.24) is 4.90 Å². The predicted octanol–water partition coefficient (Wildman–Crippen LogP) is 3.46. The molecule has 2 heterocycles. The third-order valence-electron chi connectivity index (χ3n) is 5.09. The summed E-state index contributed by atoms with van der Waals surface area (Å²) in [6.45, 7) is 3.04. The third kappa shape index (κ3) is 3.61. The molecule has 1 unspecified atom stereocenters. The van der Waals surface area contributed by atoms with E-state index in [0.717, 1.165) is 36.7 Å². The molecule has 2 aliphatic rings. The zero-order valence-electron chi connectivity index (χ0n) is 14.0. The Kier molecular flexibility index (Phi) is 4.59. The Bertz CT molecular complexity index is 726. The molecule has 132 valence electrons.